The lowest BCUT2D eigenvalue weighted by molar-refractivity contribution is -0.146. The Morgan fingerprint density at radius 2 is 1.86 bits per heavy atom. The minimum atomic E-state index is -3.26. The summed E-state index contributed by atoms with van der Waals surface area (Å²) >= 11 is 0. The monoisotopic (exact) mass is 211 g/mol. The highest BCUT2D eigenvalue weighted by atomic mass is 16.4. The third kappa shape index (κ3) is 2.22. The van der Waals surface area contributed by atoms with Crippen molar-refractivity contribution >= 4 is 0 Å². The van der Waals surface area contributed by atoms with Gasteiger partial charge in [-0.05, 0) is 0 Å². The van der Waals surface area contributed by atoms with Gasteiger partial charge in [0, 0.05) is 15.8 Å². The maximum atomic E-state index is 9.62. The molecule has 0 amide bonds. The van der Waals surface area contributed by atoms with Crippen LogP contribution in [-0.4, -0.2) is 81.0 Å². The molecule has 5 N–H and O–H groups in total. The van der Waals surface area contributed by atoms with E-state index in [0.717, 1.165) is 0 Å². The number of nitrogens with zero attached hydrogens (tertiary/aromatic N) is 1. The fourth-order valence-electron chi connectivity index (χ4n) is 1.48. The van der Waals surface area contributed by atoms with Crippen LogP contribution >= 0.6 is 0 Å². The van der Waals surface area contributed by atoms with Crippen molar-refractivity contribution < 1.29 is 31.0 Å². The summed E-state index contributed by atoms with van der Waals surface area (Å²) in [4.78, 5) is 0.606. The van der Waals surface area contributed by atoms with Gasteiger partial charge in [-0.25, -0.2) is 0 Å². The molecule has 2 unspecified atom stereocenters. The van der Waals surface area contributed by atoms with Crippen molar-refractivity contribution in [3.05, 3.63) is 0 Å². The molecular formula is C8H17NO5. The summed E-state index contributed by atoms with van der Waals surface area (Å²) in [5, 5.41) is 46.8. The molecule has 4 atom stereocenters. The lowest BCUT2D eigenvalue weighted by Crippen LogP contribution is -2.62. The molecule has 0 aromatic rings. The van der Waals surface area contributed by atoms with E-state index < -0.39 is 50.6 Å². The first-order valence-electron chi connectivity index (χ1n) is 6.18. The molecule has 0 radical (unpaired) electrons. The Labute approximate surface area is 87.6 Å². The maximum absolute atomic E-state index is 9.62. The van der Waals surface area contributed by atoms with Gasteiger partial charge >= 0.3 is 0 Å². The Bertz CT molecular complexity index is 300. The largest absolute Gasteiger partial charge is 0.395 e. The molecule has 1 saturated heterocycles. The first-order valence-corrected chi connectivity index (χ1v) is 4.18. The van der Waals surface area contributed by atoms with Crippen molar-refractivity contribution in [3.63, 3.8) is 0 Å². The quantitative estimate of drug-likeness (QED) is 0.336. The fraction of sp³-hybridized carbons (Fsp3) is 1.00. The molecule has 1 heterocycles. The van der Waals surface area contributed by atoms with E-state index in [2.05, 4.69) is 0 Å². The van der Waals surface area contributed by atoms with Gasteiger partial charge in [-0.3, -0.25) is 4.90 Å². The molecule has 1 aliphatic heterocycles. The van der Waals surface area contributed by atoms with E-state index in [-0.39, 0.29) is 0 Å². The lowest BCUT2D eigenvalue weighted by atomic mass is 9.94. The number of piperidine rings is 1. The maximum Gasteiger partial charge on any atom is 0.109 e. The highest BCUT2D eigenvalue weighted by Gasteiger charge is 2.40. The van der Waals surface area contributed by atoms with Crippen molar-refractivity contribution in [3.8, 4) is 0 Å². The Morgan fingerprint density at radius 1 is 1.21 bits per heavy atom. The number of β-amino-alcohol motifs (C(OH)–C–C–N with tert-alkyl or cyclic N) is 2. The standard InChI is InChI=1S/C8H17NO5/c10-2-1-9-3-6(12)8(14)7(13)5(9)4-11/h5-8,10-14H,1-4H2/t5?,6?,7-,8-/m1/s1/i1D2,2D2. The molecule has 0 aromatic heterocycles. The van der Waals surface area contributed by atoms with E-state index in [4.69, 9.17) is 15.7 Å². The third-order valence-corrected chi connectivity index (χ3v) is 2.30. The summed E-state index contributed by atoms with van der Waals surface area (Å²) in [7, 11) is 0. The average molecular weight is 211 g/mol. The van der Waals surface area contributed by atoms with E-state index in [0.29, 0.717) is 4.90 Å². The Morgan fingerprint density at radius 3 is 2.36 bits per heavy atom. The second-order valence-electron chi connectivity index (χ2n) is 3.17. The lowest BCUT2D eigenvalue weighted by Gasteiger charge is -2.42. The average Bonchev–Trinajstić information content (AvgIpc) is 2.23. The van der Waals surface area contributed by atoms with Gasteiger partial charge in [0.25, 0.3) is 0 Å². The van der Waals surface area contributed by atoms with E-state index in [1.54, 1.807) is 0 Å². The first-order chi connectivity index (χ1) is 8.04. The molecule has 84 valence electrons. The number of aliphatic hydroxyl groups excluding tert-OH is 4. The van der Waals surface area contributed by atoms with Crippen LogP contribution in [0.5, 0.6) is 0 Å². The number of aliphatic hydroxyl groups is 5. The number of hydrogen-bond donors (Lipinski definition) is 5. The second kappa shape index (κ2) is 5.01. The SMILES string of the molecule is [2H]C([2H])(O)C([2H])([2H])N1CC(O)[C@@H](O)[C@H](O)C1CO. The summed E-state index contributed by atoms with van der Waals surface area (Å²) in [5.41, 5.74) is 0. The Balaban J connectivity index is 3.06. The minimum absolute atomic E-state index is 0.531. The molecular weight excluding hydrogens is 190 g/mol. The normalized spacial score (nSPS) is 46.4. The number of hydrogen-bond acceptors (Lipinski definition) is 6. The predicted octanol–water partition coefficient (Wildman–Crippen LogP) is -3.26. The van der Waals surface area contributed by atoms with Crippen LogP contribution in [0.1, 0.15) is 5.48 Å². The molecule has 1 aliphatic rings. The highest BCUT2D eigenvalue weighted by molar-refractivity contribution is 4.93. The highest BCUT2D eigenvalue weighted by Crippen LogP contribution is 2.18. The molecule has 0 aromatic carbocycles. The van der Waals surface area contributed by atoms with E-state index in [1.165, 1.54) is 0 Å². The van der Waals surface area contributed by atoms with Crippen LogP contribution in [-0.2, 0) is 0 Å². The molecule has 0 spiro atoms. The Hall–Kier alpha value is -0.240. The topological polar surface area (TPSA) is 104 Å². The van der Waals surface area contributed by atoms with Crippen LogP contribution in [0.4, 0.5) is 0 Å². The number of rotatable bonds is 3. The molecule has 6 nitrogen and oxygen atoms in total. The molecule has 0 aliphatic carbocycles. The van der Waals surface area contributed by atoms with Crippen LogP contribution in [0.3, 0.4) is 0 Å². The Kier molecular flexibility index (Phi) is 2.54. The third-order valence-electron chi connectivity index (χ3n) is 2.30. The number of likely N-dealkylation sites (tertiary alicyclic amines) is 1. The van der Waals surface area contributed by atoms with Crippen LogP contribution in [0.25, 0.3) is 0 Å². The summed E-state index contributed by atoms with van der Waals surface area (Å²) in [6, 6.07) is -1.33. The van der Waals surface area contributed by atoms with Gasteiger partial charge in [-0.1, -0.05) is 0 Å². The van der Waals surface area contributed by atoms with Gasteiger partial charge in [0.15, 0.2) is 0 Å². The second-order valence-corrected chi connectivity index (χ2v) is 3.17. The summed E-state index contributed by atoms with van der Waals surface area (Å²) in [6.45, 7) is -7.50. The van der Waals surface area contributed by atoms with E-state index >= 15 is 0 Å². The first kappa shape index (κ1) is 7.10. The van der Waals surface area contributed by atoms with Crippen LogP contribution in [0.2, 0.25) is 0 Å². The fourth-order valence-corrected chi connectivity index (χ4v) is 1.48. The van der Waals surface area contributed by atoms with Crippen LogP contribution < -0.4 is 0 Å². The van der Waals surface area contributed by atoms with Gasteiger partial charge in [0.2, 0.25) is 0 Å². The van der Waals surface area contributed by atoms with Crippen LogP contribution in [0, 0.1) is 0 Å². The van der Waals surface area contributed by atoms with Gasteiger partial charge in [-0.15, -0.1) is 0 Å². The van der Waals surface area contributed by atoms with Crippen molar-refractivity contribution in [1.29, 1.82) is 0 Å². The molecule has 6 heteroatoms. The predicted molar refractivity (Wildman–Crippen MR) is 47.6 cm³/mol. The van der Waals surface area contributed by atoms with Crippen molar-refractivity contribution in [2.24, 2.45) is 0 Å². The van der Waals surface area contributed by atoms with E-state index in [9.17, 15) is 15.3 Å². The molecule has 14 heavy (non-hydrogen) atoms. The minimum Gasteiger partial charge on any atom is -0.395 e. The van der Waals surface area contributed by atoms with Gasteiger partial charge in [0.05, 0.1) is 28.1 Å². The van der Waals surface area contributed by atoms with Crippen molar-refractivity contribution in [2.45, 2.75) is 24.4 Å². The zero-order valence-corrected chi connectivity index (χ0v) is 7.41. The zero-order chi connectivity index (χ0) is 14.3. The van der Waals surface area contributed by atoms with Crippen molar-refractivity contribution in [2.75, 3.05) is 26.2 Å². The molecule has 1 fully saturated rings. The molecule has 0 saturated carbocycles. The van der Waals surface area contributed by atoms with Crippen molar-refractivity contribution in [1.82, 2.24) is 4.90 Å². The van der Waals surface area contributed by atoms with Crippen LogP contribution in [0.15, 0.2) is 0 Å². The van der Waals surface area contributed by atoms with Gasteiger partial charge in [0.1, 0.15) is 12.2 Å². The summed E-state index contributed by atoms with van der Waals surface area (Å²) < 4.78 is 29.0. The van der Waals surface area contributed by atoms with Gasteiger partial charge < -0.3 is 25.5 Å². The summed E-state index contributed by atoms with van der Waals surface area (Å²) in [5.74, 6) is 0. The summed E-state index contributed by atoms with van der Waals surface area (Å²) in [6.07, 6.45) is -4.74. The molecule has 0 bridgehead atoms. The van der Waals surface area contributed by atoms with E-state index in [1.807, 2.05) is 0 Å². The smallest absolute Gasteiger partial charge is 0.109 e. The zero-order valence-electron chi connectivity index (χ0n) is 11.4. The molecule has 1 rings (SSSR count). The van der Waals surface area contributed by atoms with Gasteiger partial charge in [-0.2, -0.15) is 0 Å².